The van der Waals surface area contributed by atoms with Crippen LogP contribution in [0.15, 0.2) is 58.5 Å². The Hall–Kier alpha value is -2.07. The average molecular weight is 414 g/mol. The number of para-hydroxylation sites is 1. The van der Waals surface area contributed by atoms with Gasteiger partial charge in [0.1, 0.15) is 0 Å². The summed E-state index contributed by atoms with van der Waals surface area (Å²) in [4.78, 5) is 2.87. The van der Waals surface area contributed by atoms with Gasteiger partial charge in [-0.3, -0.25) is 4.72 Å². The lowest BCUT2D eigenvalue weighted by Crippen LogP contribution is -2.23. The molecule has 0 radical (unpaired) electrons. The van der Waals surface area contributed by atoms with Crippen LogP contribution >= 0.6 is 11.6 Å². The van der Waals surface area contributed by atoms with Crippen molar-refractivity contribution in [2.45, 2.75) is 16.7 Å². The minimum Gasteiger partial charge on any atom is -0.358 e. The molecule has 0 saturated heterocycles. The maximum atomic E-state index is 12.6. The van der Waals surface area contributed by atoms with Gasteiger partial charge in [0.25, 0.3) is 10.0 Å². The SMILES string of the molecule is CCNS(=O)(=O)c1ccc(S(=O)(=O)Nc2cccc3c(Cl)c[nH]c23)cc1. The highest BCUT2D eigenvalue weighted by Gasteiger charge is 2.19. The Kier molecular flexibility index (Phi) is 4.98. The Morgan fingerprint density at radius 2 is 1.58 bits per heavy atom. The van der Waals surface area contributed by atoms with Gasteiger partial charge >= 0.3 is 0 Å². The van der Waals surface area contributed by atoms with Gasteiger partial charge in [-0.1, -0.05) is 30.7 Å². The molecule has 3 rings (SSSR count). The molecular weight excluding hydrogens is 398 g/mol. The van der Waals surface area contributed by atoms with Gasteiger partial charge in [0, 0.05) is 18.1 Å². The van der Waals surface area contributed by atoms with Gasteiger partial charge in [0.2, 0.25) is 10.0 Å². The van der Waals surface area contributed by atoms with Crippen LogP contribution in [0.1, 0.15) is 6.92 Å². The molecule has 0 amide bonds. The fourth-order valence-electron chi connectivity index (χ4n) is 2.48. The lowest BCUT2D eigenvalue weighted by atomic mass is 10.2. The van der Waals surface area contributed by atoms with Crippen molar-refractivity contribution in [1.29, 1.82) is 0 Å². The van der Waals surface area contributed by atoms with Crippen molar-refractivity contribution in [3.63, 3.8) is 0 Å². The summed E-state index contributed by atoms with van der Waals surface area (Å²) in [5.74, 6) is 0. The molecule has 3 aromatic rings. The molecule has 7 nitrogen and oxygen atoms in total. The molecule has 0 fully saturated rings. The van der Waals surface area contributed by atoms with Gasteiger partial charge in [0.05, 0.1) is 26.0 Å². The fraction of sp³-hybridized carbons (Fsp3) is 0.125. The Morgan fingerprint density at radius 1 is 0.962 bits per heavy atom. The summed E-state index contributed by atoms with van der Waals surface area (Å²) in [6.07, 6.45) is 1.57. The number of anilines is 1. The van der Waals surface area contributed by atoms with E-state index in [1.807, 2.05) is 0 Å². The number of nitrogens with one attached hydrogen (secondary N) is 3. The van der Waals surface area contributed by atoms with E-state index in [1.165, 1.54) is 24.3 Å². The zero-order valence-corrected chi connectivity index (χ0v) is 16.0. The molecule has 0 unspecified atom stereocenters. The number of rotatable bonds is 6. The second-order valence-electron chi connectivity index (χ2n) is 5.44. The standard InChI is InChI=1S/C16H16ClN3O4S2/c1-2-19-25(21,22)11-6-8-12(9-7-11)26(23,24)20-15-5-3-4-13-14(17)10-18-16(13)15/h3-10,18-20H,2H2,1H3. The van der Waals surface area contributed by atoms with Crippen LogP contribution in [0.5, 0.6) is 0 Å². The summed E-state index contributed by atoms with van der Waals surface area (Å²) in [5.41, 5.74) is 0.908. The first kappa shape index (κ1) is 18.7. The van der Waals surface area contributed by atoms with E-state index in [0.717, 1.165) is 0 Å². The largest absolute Gasteiger partial charge is 0.358 e. The highest BCUT2D eigenvalue weighted by molar-refractivity contribution is 7.92. The third-order valence-corrected chi connectivity index (χ3v) is 6.94. The van der Waals surface area contributed by atoms with Gasteiger partial charge in [-0.25, -0.2) is 21.6 Å². The van der Waals surface area contributed by atoms with E-state index in [1.54, 1.807) is 31.3 Å². The predicted molar refractivity (Wildman–Crippen MR) is 101 cm³/mol. The third kappa shape index (κ3) is 3.56. The van der Waals surface area contributed by atoms with Crippen LogP contribution in [0.2, 0.25) is 5.02 Å². The van der Waals surface area contributed by atoms with Crippen molar-refractivity contribution in [1.82, 2.24) is 9.71 Å². The molecule has 1 heterocycles. The van der Waals surface area contributed by atoms with E-state index in [2.05, 4.69) is 14.4 Å². The summed E-state index contributed by atoms with van der Waals surface area (Å²) in [6.45, 7) is 1.90. The van der Waals surface area contributed by atoms with E-state index in [4.69, 9.17) is 11.6 Å². The fourth-order valence-corrected chi connectivity index (χ4v) is 4.81. The number of halogens is 1. The first-order chi connectivity index (χ1) is 12.2. The highest BCUT2D eigenvalue weighted by atomic mass is 35.5. The van der Waals surface area contributed by atoms with Crippen molar-refractivity contribution in [2.24, 2.45) is 0 Å². The number of sulfonamides is 2. The van der Waals surface area contributed by atoms with Gasteiger partial charge in [-0.05, 0) is 30.3 Å². The number of fused-ring (bicyclic) bond motifs is 1. The average Bonchev–Trinajstić information content (AvgIpc) is 2.97. The molecule has 0 atom stereocenters. The molecule has 26 heavy (non-hydrogen) atoms. The van der Waals surface area contributed by atoms with Crippen LogP contribution < -0.4 is 9.44 Å². The van der Waals surface area contributed by atoms with Crippen molar-refractivity contribution in [2.75, 3.05) is 11.3 Å². The van der Waals surface area contributed by atoms with E-state index in [0.29, 0.717) is 21.6 Å². The first-order valence-corrected chi connectivity index (χ1v) is 11.0. The number of H-pyrrole nitrogens is 1. The molecule has 1 aromatic heterocycles. The van der Waals surface area contributed by atoms with E-state index < -0.39 is 20.0 Å². The molecule has 0 bridgehead atoms. The van der Waals surface area contributed by atoms with Gasteiger partial charge in [0.15, 0.2) is 0 Å². The molecule has 0 saturated carbocycles. The number of benzene rings is 2. The number of aromatic amines is 1. The minimum absolute atomic E-state index is 0.00319. The van der Waals surface area contributed by atoms with E-state index >= 15 is 0 Å². The topological polar surface area (TPSA) is 108 Å². The van der Waals surface area contributed by atoms with E-state index in [9.17, 15) is 16.8 Å². The predicted octanol–water partition coefficient (Wildman–Crippen LogP) is 2.92. The monoisotopic (exact) mass is 413 g/mol. The molecule has 10 heteroatoms. The number of aromatic nitrogens is 1. The van der Waals surface area contributed by atoms with Crippen molar-refractivity contribution >= 4 is 48.2 Å². The van der Waals surface area contributed by atoms with Gasteiger partial charge < -0.3 is 4.98 Å². The van der Waals surface area contributed by atoms with Gasteiger partial charge in [-0.15, -0.1) is 0 Å². The zero-order chi connectivity index (χ0) is 18.9. The molecular formula is C16H16ClN3O4S2. The smallest absolute Gasteiger partial charge is 0.261 e. The molecule has 0 aliphatic rings. The van der Waals surface area contributed by atoms with Crippen molar-refractivity contribution in [3.8, 4) is 0 Å². The maximum absolute atomic E-state index is 12.6. The third-order valence-electron chi connectivity index (χ3n) is 3.69. The van der Waals surface area contributed by atoms with Crippen LogP contribution in [0.3, 0.4) is 0 Å². The van der Waals surface area contributed by atoms with Gasteiger partial charge in [-0.2, -0.15) is 0 Å². The number of hydrogen-bond donors (Lipinski definition) is 3. The van der Waals surface area contributed by atoms with Crippen LogP contribution in [-0.4, -0.2) is 28.4 Å². The summed E-state index contributed by atoms with van der Waals surface area (Å²) in [7, 11) is -7.54. The Labute approximate surface area is 156 Å². The molecule has 0 aliphatic carbocycles. The minimum atomic E-state index is -3.90. The summed E-state index contributed by atoms with van der Waals surface area (Å²) >= 11 is 6.05. The molecule has 138 valence electrons. The van der Waals surface area contributed by atoms with Crippen LogP contribution in [0.4, 0.5) is 5.69 Å². The normalized spacial score (nSPS) is 12.4. The molecule has 2 aromatic carbocycles. The maximum Gasteiger partial charge on any atom is 0.261 e. The second-order valence-corrected chi connectivity index (χ2v) is 9.30. The molecule has 0 aliphatic heterocycles. The first-order valence-electron chi connectivity index (χ1n) is 7.63. The lowest BCUT2D eigenvalue weighted by Gasteiger charge is -2.10. The molecule has 0 spiro atoms. The highest BCUT2D eigenvalue weighted by Crippen LogP contribution is 2.29. The Balaban J connectivity index is 1.93. The lowest BCUT2D eigenvalue weighted by molar-refractivity contribution is 0.583. The number of hydrogen-bond acceptors (Lipinski definition) is 4. The quantitative estimate of drug-likeness (QED) is 0.577. The van der Waals surface area contributed by atoms with E-state index in [-0.39, 0.29) is 16.3 Å². The Bertz CT molecular complexity index is 1150. The summed E-state index contributed by atoms with van der Waals surface area (Å²) in [5, 5.41) is 1.18. The van der Waals surface area contributed by atoms with Crippen molar-refractivity contribution < 1.29 is 16.8 Å². The van der Waals surface area contributed by atoms with Crippen LogP contribution in [0, 0.1) is 0 Å². The summed E-state index contributed by atoms with van der Waals surface area (Å²) < 4.78 is 54.0. The Morgan fingerprint density at radius 3 is 2.19 bits per heavy atom. The zero-order valence-electron chi connectivity index (χ0n) is 13.7. The molecule has 3 N–H and O–H groups in total. The second kappa shape index (κ2) is 6.92. The summed E-state index contributed by atoms with van der Waals surface area (Å²) in [6, 6.07) is 10.1. The van der Waals surface area contributed by atoms with Crippen LogP contribution in [-0.2, 0) is 20.0 Å². The van der Waals surface area contributed by atoms with Crippen LogP contribution in [0.25, 0.3) is 10.9 Å². The van der Waals surface area contributed by atoms with Crippen molar-refractivity contribution in [3.05, 3.63) is 53.7 Å².